The van der Waals surface area contributed by atoms with Crippen LogP contribution in [0.2, 0.25) is 0 Å². The number of hydrogen-bond acceptors (Lipinski definition) is 3. The highest BCUT2D eigenvalue weighted by Crippen LogP contribution is 2.27. The van der Waals surface area contributed by atoms with E-state index in [0.29, 0.717) is 6.42 Å². The van der Waals surface area contributed by atoms with Crippen LogP contribution in [0.5, 0.6) is 0 Å². The highest BCUT2D eigenvalue weighted by Gasteiger charge is 2.48. The maximum atomic E-state index is 12.0. The Morgan fingerprint density at radius 2 is 1.94 bits per heavy atom. The first-order valence-electron chi connectivity index (χ1n) is 4.43. The minimum Gasteiger partial charge on any atom is -0.376 e. The molecule has 0 fully saturated rings. The fraction of sp³-hybridized carbons (Fsp3) is 0.556. The van der Waals surface area contributed by atoms with E-state index in [2.05, 4.69) is 10.8 Å². The second-order valence-electron chi connectivity index (χ2n) is 3.42. The van der Waals surface area contributed by atoms with E-state index in [1.807, 2.05) is 13.8 Å². The molecule has 0 atom stereocenters. The molecule has 94 valence electrons. The van der Waals surface area contributed by atoms with Crippen molar-refractivity contribution in [1.29, 1.82) is 0 Å². The first-order valence-corrected chi connectivity index (χ1v) is 5.84. The Balaban J connectivity index is 4.82. The fourth-order valence-corrected chi connectivity index (χ4v) is 1.16. The van der Waals surface area contributed by atoms with E-state index in [0.717, 1.165) is 6.08 Å². The molecule has 0 bridgehead atoms. The lowest BCUT2D eigenvalue weighted by Gasteiger charge is -2.10. The van der Waals surface area contributed by atoms with Crippen molar-refractivity contribution in [3.05, 3.63) is 24.5 Å². The highest BCUT2D eigenvalue weighted by molar-refractivity contribution is 7.87. The van der Waals surface area contributed by atoms with Gasteiger partial charge in [-0.3, -0.25) is 0 Å². The predicted molar refractivity (Wildman–Crippen MR) is 53.8 cm³/mol. The smallest absolute Gasteiger partial charge is 0.376 e. The Hall–Kier alpha value is -0.980. The van der Waals surface area contributed by atoms with Crippen LogP contribution in [0.15, 0.2) is 24.5 Å². The molecular weight excluding hydrogens is 245 g/mol. The third-order valence-electron chi connectivity index (χ3n) is 1.48. The standard InChI is InChI=1S/C9H13F3O3S/c1-4-8(6-5-7(2)3)15-16(13,14)9(10,11)12/h4,6-7H,1,5H2,2-3H3/b8-6-. The van der Waals surface area contributed by atoms with E-state index in [4.69, 9.17) is 0 Å². The zero-order valence-electron chi connectivity index (χ0n) is 8.91. The molecule has 0 heterocycles. The van der Waals surface area contributed by atoms with Crippen LogP contribution in [0.4, 0.5) is 13.2 Å². The molecule has 0 unspecified atom stereocenters. The molecule has 0 aliphatic heterocycles. The van der Waals surface area contributed by atoms with Crippen molar-refractivity contribution >= 4 is 10.1 Å². The summed E-state index contributed by atoms with van der Waals surface area (Å²) in [5, 5.41) is 0. The van der Waals surface area contributed by atoms with Gasteiger partial charge in [0.25, 0.3) is 0 Å². The first-order chi connectivity index (χ1) is 7.10. The molecule has 0 saturated carbocycles. The van der Waals surface area contributed by atoms with Crippen molar-refractivity contribution in [2.75, 3.05) is 0 Å². The molecule has 0 rings (SSSR count). The fourth-order valence-electron chi connectivity index (χ4n) is 0.677. The lowest BCUT2D eigenvalue weighted by Crippen LogP contribution is -2.25. The number of allylic oxidation sites excluding steroid dienone is 2. The van der Waals surface area contributed by atoms with Crippen molar-refractivity contribution in [2.24, 2.45) is 5.92 Å². The lowest BCUT2D eigenvalue weighted by atomic mass is 10.1. The third kappa shape index (κ3) is 4.69. The summed E-state index contributed by atoms with van der Waals surface area (Å²) in [4.78, 5) is 0. The molecule has 0 aromatic rings. The summed E-state index contributed by atoms with van der Waals surface area (Å²) >= 11 is 0. The first kappa shape index (κ1) is 15.0. The van der Waals surface area contributed by atoms with E-state index in [-0.39, 0.29) is 5.92 Å². The Labute approximate surface area is 92.7 Å². The quantitative estimate of drug-likeness (QED) is 0.329. The maximum absolute atomic E-state index is 12.0. The van der Waals surface area contributed by atoms with Crippen molar-refractivity contribution in [1.82, 2.24) is 0 Å². The summed E-state index contributed by atoms with van der Waals surface area (Å²) < 4.78 is 61.0. The zero-order valence-corrected chi connectivity index (χ0v) is 9.73. The van der Waals surface area contributed by atoms with Crippen LogP contribution < -0.4 is 0 Å². The summed E-state index contributed by atoms with van der Waals surface area (Å²) in [7, 11) is -5.60. The van der Waals surface area contributed by atoms with Gasteiger partial charge in [-0.15, -0.1) is 0 Å². The van der Waals surface area contributed by atoms with E-state index in [1.54, 1.807) is 0 Å². The van der Waals surface area contributed by atoms with Gasteiger partial charge in [-0.2, -0.15) is 21.6 Å². The van der Waals surface area contributed by atoms with Crippen molar-refractivity contribution in [2.45, 2.75) is 25.8 Å². The molecule has 0 saturated heterocycles. The second kappa shape index (κ2) is 5.38. The van der Waals surface area contributed by atoms with Crippen LogP contribution in [-0.2, 0) is 14.3 Å². The highest BCUT2D eigenvalue weighted by atomic mass is 32.2. The Bertz CT molecular complexity index is 366. The Kier molecular flexibility index (Phi) is 5.05. The van der Waals surface area contributed by atoms with Crippen molar-refractivity contribution in [3.8, 4) is 0 Å². The largest absolute Gasteiger partial charge is 0.534 e. The van der Waals surface area contributed by atoms with Crippen LogP contribution in [0.1, 0.15) is 20.3 Å². The topological polar surface area (TPSA) is 43.4 Å². The number of hydrogen-bond donors (Lipinski definition) is 0. The van der Waals surface area contributed by atoms with Crippen LogP contribution >= 0.6 is 0 Å². The average Bonchev–Trinajstić information content (AvgIpc) is 2.09. The minimum atomic E-state index is -5.60. The molecule has 0 aliphatic rings. The molecule has 0 spiro atoms. The van der Waals surface area contributed by atoms with Gasteiger partial charge in [-0.05, 0) is 24.5 Å². The van der Waals surface area contributed by atoms with Crippen molar-refractivity contribution in [3.63, 3.8) is 0 Å². The maximum Gasteiger partial charge on any atom is 0.534 e. The van der Waals surface area contributed by atoms with Crippen LogP contribution in [-0.4, -0.2) is 13.9 Å². The zero-order chi connectivity index (χ0) is 13.0. The summed E-state index contributed by atoms with van der Waals surface area (Å²) in [6.07, 6.45) is 2.57. The molecule has 0 amide bonds. The Morgan fingerprint density at radius 3 is 2.25 bits per heavy atom. The van der Waals surface area contributed by atoms with E-state index in [1.165, 1.54) is 6.08 Å². The van der Waals surface area contributed by atoms with Gasteiger partial charge in [-0.1, -0.05) is 20.4 Å². The van der Waals surface area contributed by atoms with E-state index in [9.17, 15) is 21.6 Å². The number of rotatable bonds is 5. The normalized spacial score (nSPS) is 14.0. The van der Waals surface area contributed by atoms with Crippen molar-refractivity contribution < 1.29 is 25.8 Å². The lowest BCUT2D eigenvalue weighted by molar-refractivity contribution is -0.0519. The monoisotopic (exact) mass is 258 g/mol. The summed E-state index contributed by atoms with van der Waals surface area (Å²) in [5.74, 6) is -0.238. The van der Waals surface area contributed by atoms with Gasteiger partial charge in [-0.25, -0.2) is 0 Å². The van der Waals surface area contributed by atoms with Gasteiger partial charge < -0.3 is 4.18 Å². The molecule has 3 nitrogen and oxygen atoms in total. The van der Waals surface area contributed by atoms with Crippen LogP contribution in [0, 0.1) is 5.92 Å². The molecule has 0 aliphatic carbocycles. The molecule has 0 aromatic carbocycles. The van der Waals surface area contributed by atoms with Gasteiger partial charge >= 0.3 is 15.6 Å². The summed E-state index contributed by atoms with van der Waals surface area (Å²) in [6, 6.07) is 0. The van der Waals surface area contributed by atoms with Crippen LogP contribution in [0.25, 0.3) is 0 Å². The van der Waals surface area contributed by atoms with Gasteiger partial charge in [0.05, 0.1) is 0 Å². The van der Waals surface area contributed by atoms with Crippen LogP contribution in [0.3, 0.4) is 0 Å². The average molecular weight is 258 g/mol. The molecule has 0 aromatic heterocycles. The molecule has 0 N–H and O–H groups in total. The molecule has 0 radical (unpaired) electrons. The number of halogens is 3. The van der Waals surface area contributed by atoms with E-state index < -0.39 is 21.4 Å². The third-order valence-corrected chi connectivity index (χ3v) is 2.46. The molecule has 7 heteroatoms. The minimum absolute atomic E-state index is 0.173. The van der Waals surface area contributed by atoms with Gasteiger partial charge in [0.1, 0.15) is 5.76 Å². The second-order valence-corrected chi connectivity index (χ2v) is 4.96. The van der Waals surface area contributed by atoms with Gasteiger partial charge in [0.15, 0.2) is 0 Å². The molecule has 16 heavy (non-hydrogen) atoms. The molecular formula is C9H13F3O3S. The summed E-state index contributed by atoms with van der Waals surface area (Å²) in [6.45, 7) is 6.84. The van der Waals surface area contributed by atoms with Gasteiger partial charge in [0.2, 0.25) is 0 Å². The summed E-state index contributed by atoms with van der Waals surface area (Å²) in [5.41, 5.74) is -5.42. The van der Waals surface area contributed by atoms with Gasteiger partial charge in [0, 0.05) is 0 Å². The van der Waals surface area contributed by atoms with E-state index >= 15 is 0 Å². The Morgan fingerprint density at radius 1 is 1.44 bits per heavy atom. The number of alkyl halides is 3. The predicted octanol–water partition coefficient (Wildman–Crippen LogP) is 2.97. The SMILES string of the molecule is C=C/C(=C/CC(C)C)OS(=O)(=O)C(F)(F)F.